The highest BCUT2D eigenvalue weighted by Gasteiger charge is 2.19. The number of ether oxygens (including phenoxy) is 3. The number of allylic oxidation sites excluding steroid dienone is 32. The highest BCUT2D eigenvalue weighted by molar-refractivity contribution is 5.71. The van der Waals surface area contributed by atoms with Crippen LogP contribution >= 0.6 is 0 Å². The lowest BCUT2D eigenvalue weighted by atomic mass is 10.1. The molecule has 0 saturated heterocycles. The van der Waals surface area contributed by atoms with E-state index in [0.29, 0.717) is 19.3 Å². The van der Waals surface area contributed by atoms with Crippen molar-refractivity contribution in [3.8, 4) is 0 Å². The van der Waals surface area contributed by atoms with E-state index in [9.17, 15) is 14.4 Å². The number of hydrogen-bond acceptors (Lipinski definition) is 6. The third kappa shape index (κ3) is 63.0. The Kier molecular flexibility index (Phi) is 60.1. The van der Waals surface area contributed by atoms with Crippen LogP contribution < -0.4 is 0 Å². The predicted molar refractivity (Wildman–Crippen MR) is 343 cm³/mol. The Balaban J connectivity index is 4.57. The van der Waals surface area contributed by atoms with Gasteiger partial charge in [-0.15, -0.1) is 0 Å². The van der Waals surface area contributed by atoms with Crippen LogP contribution in [0.5, 0.6) is 0 Å². The van der Waals surface area contributed by atoms with Crippen LogP contribution in [0.3, 0.4) is 0 Å². The van der Waals surface area contributed by atoms with E-state index < -0.39 is 6.10 Å². The topological polar surface area (TPSA) is 78.9 Å². The zero-order valence-electron chi connectivity index (χ0n) is 50.0. The van der Waals surface area contributed by atoms with Crippen LogP contribution in [-0.4, -0.2) is 37.2 Å². The molecular formula is C73H110O6. The first kappa shape index (κ1) is 73.2. The van der Waals surface area contributed by atoms with E-state index in [1.807, 2.05) is 0 Å². The summed E-state index contributed by atoms with van der Waals surface area (Å²) in [4.78, 5) is 38.3. The number of hydrogen-bond donors (Lipinski definition) is 0. The fraction of sp³-hybridized carbons (Fsp3) is 0.521. The first-order chi connectivity index (χ1) is 39.0. The third-order valence-corrected chi connectivity index (χ3v) is 12.1. The number of rotatable bonds is 53. The molecule has 0 aliphatic carbocycles. The zero-order valence-corrected chi connectivity index (χ0v) is 50.0. The van der Waals surface area contributed by atoms with Crippen molar-refractivity contribution in [3.63, 3.8) is 0 Å². The molecule has 0 aromatic carbocycles. The maximum absolute atomic E-state index is 12.9. The van der Waals surface area contributed by atoms with Crippen molar-refractivity contribution in [2.75, 3.05) is 13.2 Å². The van der Waals surface area contributed by atoms with Crippen molar-refractivity contribution in [2.45, 2.75) is 232 Å². The number of carbonyl (C=O) groups is 3. The van der Waals surface area contributed by atoms with Crippen LogP contribution in [0.4, 0.5) is 0 Å². The summed E-state index contributed by atoms with van der Waals surface area (Å²) in [7, 11) is 0. The van der Waals surface area contributed by atoms with Crippen molar-refractivity contribution >= 4 is 17.9 Å². The van der Waals surface area contributed by atoms with Crippen LogP contribution in [0, 0.1) is 0 Å². The average Bonchev–Trinajstić information content (AvgIpc) is 3.45. The molecule has 6 nitrogen and oxygen atoms in total. The molecule has 0 aromatic rings. The second-order valence-electron chi connectivity index (χ2n) is 19.5. The maximum atomic E-state index is 12.9. The van der Waals surface area contributed by atoms with E-state index in [-0.39, 0.29) is 44.0 Å². The fourth-order valence-corrected chi connectivity index (χ4v) is 7.57. The minimum Gasteiger partial charge on any atom is -0.462 e. The van der Waals surface area contributed by atoms with Gasteiger partial charge >= 0.3 is 17.9 Å². The lowest BCUT2D eigenvalue weighted by molar-refractivity contribution is -0.167. The van der Waals surface area contributed by atoms with E-state index in [1.54, 1.807) is 0 Å². The normalized spacial score (nSPS) is 13.5. The summed E-state index contributed by atoms with van der Waals surface area (Å²) < 4.78 is 16.8. The smallest absolute Gasteiger partial charge is 0.306 e. The SMILES string of the molecule is CC/C=C\C/C=C\C/C=C\C/C=C\C/C=C\C/C=C\C/C=C\C/C=C\CCCCC(=O)OCC(COC(=O)CCCCCCCCC/C=C\C/C=C\C/C=C\CC)OC(=O)CCC/C=C\C/C=C\C/C=C\C/C=C\C/C=C\CC. The van der Waals surface area contributed by atoms with Crippen LogP contribution in [0.25, 0.3) is 0 Å². The van der Waals surface area contributed by atoms with Crippen LogP contribution in [0.15, 0.2) is 194 Å². The molecular weight excluding hydrogens is 973 g/mol. The highest BCUT2D eigenvalue weighted by atomic mass is 16.6. The largest absolute Gasteiger partial charge is 0.462 e. The van der Waals surface area contributed by atoms with Gasteiger partial charge in [0.15, 0.2) is 6.10 Å². The standard InChI is InChI=1S/C73H110O6/c1-4-7-10-13-16-19-22-25-28-31-32-33-34-35-36-37-38-39-40-43-45-48-51-54-57-60-63-66-72(75)78-69-70(79-73(76)67-64-61-58-55-52-49-46-42-30-27-24-21-18-15-12-9-6-3)68-77-71(74)65-62-59-56-53-50-47-44-41-29-26-23-20-17-14-11-8-5-2/h7-12,16-21,25-30,32-33,35-36,38-39,43,45-46,49,51,54-55,58,70H,4-6,13-15,22-24,31,34,37,40-42,44,47-48,50,52-53,56-57,59-69H2,1-3H3/b10-7-,11-8-,12-9-,19-16-,20-17-,21-18-,28-25-,29-26-,30-27-,33-32-,36-35-,39-38-,45-43-,49-46-,54-51-,58-55-. The van der Waals surface area contributed by atoms with Gasteiger partial charge in [0, 0.05) is 19.3 Å². The maximum Gasteiger partial charge on any atom is 0.306 e. The zero-order chi connectivity index (χ0) is 57.1. The van der Waals surface area contributed by atoms with Gasteiger partial charge in [0.25, 0.3) is 0 Å². The molecule has 0 radical (unpaired) electrons. The minimum absolute atomic E-state index is 0.131. The van der Waals surface area contributed by atoms with Gasteiger partial charge in [0.2, 0.25) is 0 Å². The quantitative estimate of drug-likeness (QED) is 0.0261. The van der Waals surface area contributed by atoms with E-state index in [4.69, 9.17) is 14.2 Å². The van der Waals surface area contributed by atoms with Crippen molar-refractivity contribution in [1.29, 1.82) is 0 Å². The summed E-state index contributed by atoms with van der Waals surface area (Å²) in [5, 5.41) is 0. The summed E-state index contributed by atoms with van der Waals surface area (Å²) in [5.74, 6) is -1.06. The molecule has 0 heterocycles. The summed E-state index contributed by atoms with van der Waals surface area (Å²) in [6.07, 6.45) is 98.6. The molecule has 6 heteroatoms. The molecule has 0 aliphatic rings. The molecule has 1 atom stereocenters. The minimum atomic E-state index is -0.844. The molecule has 0 bridgehead atoms. The molecule has 0 spiro atoms. The van der Waals surface area contributed by atoms with Gasteiger partial charge in [-0.1, -0.05) is 247 Å². The molecule has 0 fully saturated rings. The average molecular weight is 1080 g/mol. The Bertz CT molecular complexity index is 1920. The summed E-state index contributed by atoms with van der Waals surface area (Å²) >= 11 is 0. The van der Waals surface area contributed by atoms with Crippen molar-refractivity contribution in [3.05, 3.63) is 194 Å². The molecule has 0 aliphatic heterocycles. The monoisotopic (exact) mass is 1080 g/mol. The Hall–Kier alpha value is -5.75. The fourth-order valence-electron chi connectivity index (χ4n) is 7.57. The summed E-state index contributed by atoms with van der Waals surface area (Å²) in [6, 6.07) is 0. The molecule has 0 aromatic heterocycles. The lowest BCUT2D eigenvalue weighted by Crippen LogP contribution is -2.30. The van der Waals surface area contributed by atoms with Gasteiger partial charge in [-0.25, -0.2) is 0 Å². The van der Waals surface area contributed by atoms with Gasteiger partial charge in [-0.2, -0.15) is 0 Å². The molecule has 0 rings (SSSR count). The summed E-state index contributed by atoms with van der Waals surface area (Å²) in [6.45, 7) is 6.19. The number of esters is 3. The van der Waals surface area contributed by atoms with E-state index in [1.165, 1.54) is 25.7 Å². The van der Waals surface area contributed by atoms with Gasteiger partial charge < -0.3 is 14.2 Å². The number of carbonyl (C=O) groups excluding carboxylic acids is 3. The van der Waals surface area contributed by atoms with E-state index >= 15 is 0 Å². The third-order valence-electron chi connectivity index (χ3n) is 12.1. The van der Waals surface area contributed by atoms with E-state index in [2.05, 4.69) is 215 Å². The van der Waals surface area contributed by atoms with Crippen LogP contribution in [0.1, 0.15) is 226 Å². The van der Waals surface area contributed by atoms with E-state index in [0.717, 1.165) is 148 Å². The summed E-state index contributed by atoms with van der Waals surface area (Å²) in [5.41, 5.74) is 0. The Labute approximate surface area is 484 Å². The molecule has 79 heavy (non-hydrogen) atoms. The Morgan fingerprint density at radius 1 is 0.253 bits per heavy atom. The molecule has 1 unspecified atom stereocenters. The molecule has 0 N–H and O–H groups in total. The van der Waals surface area contributed by atoms with Crippen molar-refractivity contribution < 1.29 is 28.6 Å². The lowest BCUT2D eigenvalue weighted by Gasteiger charge is -2.18. The van der Waals surface area contributed by atoms with Gasteiger partial charge in [-0.3, -0.25) is 14.4 Å². The van der Waals surface area contributed by atoms with Gasteiger partial charge in [0.1, 0.15) is 13.2 Å². The number of unbranched alkanes of at least 4 members (excludes halogenated alkanes) is 10. The van der Waals surface area contributed by atoms with Crippen molar-refractivity contribution in [1.82, 2.24) is 0 Å². The molecule has 0 amide bonds. The second kappa shape index (κ2) is 64.8. The van der Waals surface area contributed by atoms with Gasteiger partial charge in [0.05, 0.1) is 0 Å². The van der Waals surface area contributed by atoms with Gasteiger partial charge in [-0.05, 0) is 154 Å². The Morgan fingerprint density at radius 3 is 0.772 bits per heavy atom. The first-order valence-corrected chi connectivity index (χ1v) is 30.9. The van der Waals surface area contributed by atoms with Crippen LogP contribution in [-0.2, 0) is 28.6 Å². The predicted octanol–water partition coefficient (Wildman–Crippen LogP) is 21.4. The molecule has 0 saturated carbocycles. The van der Waals surface area contributed by atoms with Crippen molar-refractivity contribution in [2.24, 2.45) is 0 Å². The second-order valence-corrected chi connectivity index (χ2v) is 19.5. The van der Waals surface area contributed by atoms with Crippen LogP contribution in [0.2, 0.25) is 0 Å². The molecule has 438 valence electrons. The first-order valence-electron chi connectivity index (χ1n) is 30.9. The Morgan fingerprint density at radius 2 is 0.468 bits per heavy atom. The highest BCUT2D eigenvalue weighted by Crippen LogP contribution is 2.12.